The molecule has 2 aromatic heterocycles. The maximum absolute atomic E-state index is 10.2. The van der Waals surface area contributed by atoms with Gasteiger partial charge < -0.3 is 10.2 Å². The molecule has 0 aliphatic heterocycles. The number of benzene rings is 4. The maximum Gasteiger partial charge on any atom is 0.128 e. The Morgan fingerprint density at radius 3 is 1.60 bits per heavy atom. The molecule has 0 saturated heterocycles. The Morgan fingerprint density at radius 2 is 1.12 bits per heavy atom. The van der Waals surface area contributed by atoms with E-state index in [0.29, 0.717) is 11.5 Å². The molecule has 0 aliphatic rings. The summed E-state index contributed by atoms with van der Waals surface area (Å²) in [4.78, 5) is 9.25. The first-order valence-electron chi connectivity index (χ1n) is 12.8. The van der Waals surface area contributed by atoms with Crippen LogP contribution in [0.25, 0.3) is 41.6 Å². The van der Waals surface area contributed by atoms with Gasteiger partial charge in [0, 0.05) is 19.5 Å². The topological polar surface area (TPSA) is 66.2 Å². The number of phenolic OH excluding ortho intramolecular Hbond substituents is 2. The molecule has 0 fully saturated rings. The minimum absolute atomic E-state index is 0. The van der Waals surface area contributed by atoms with Crippen molar-refractivity contribution in [2.75, 3.05) is 0 Å². The molecule has 1 radical (unpaired) electrons. The third kappa shape index (κ3) is 6.61. The summed E-state index contributed by atoms with van der Waals surface area (Å²) in [7, 11) is -1.92. The van der Waals surface area contributed by atoms with Crippen LogP contribution in [0, 0.1) is 0 Å². The number of aromatic hydroxyl groups is 2. The van der Waals surface area contributed by atoms with E-state index in [1.807, 2.05) is 48.5 Å². The monoisotopic (exact) mass is 647 g/mol. The van der Waals surface area contributed by atoms with Gasteiger partial charge in [0.2, 0.25) is 0 Å². The summed E-state index contributed by atoms with van der Waals surface area (Å²) in [6.45, 7) is 11.4. The third-order valence-electron chi connectivity index (χ3n) is 6.49. The van der Waals surface area contributed by atoms with E-state index < -0.39 is 16.9 Å². The molecule has 0 unspecified atom stereocenters. The van der Waals surface area contributed by atoms with E-state index in [0.717, 1.165) is 41.6 Å². The number of fused-ring (bicyclic) bond motifs is 2. The average molecular weight is 649 g/mol. The molecule has 6 rings (SSSR count). The Bertz CT molecular complexity index is 1710. The third-order valence-corrected chi connectivity index (χ3v) is 12.1. The second-order valence-electron chi connectivity index (χ2n) is 10.7. The zero-order chi connectivity index (χ0) is 27.7. The van der Waals surface area contributed by atoms with Gasteiger partial charge in [-0.3, -0.25) is 0 Å². The van der Waals surface area contributed by atoms with E-state index in [4.69, 9.17) is 0 Å². The summed E-state index contributed by atoms with van der Waals surface area (Å²) < 4.78 is 2.31. The molecule has 9 heteroatoms. The van der Waals surface area contributed by atoms with E-state index in [1.165, 1.54) is 10.4 Å². The number of nitrogens with zero attached hydrogens (tertiary/aromatic N) is 2. The van der Waals surface area contributed by atoms with Gasteiger partial charge in [-0.15, -0.1) is 22.7 Å². The van der Waals surface area contributed by atoms with Crippen molar-refractivity contribution in [1.82, 2.24) is 9.97 Å². The van der Waals surface area contributed by atoms with Gasteiger partial charge in [-0.05, 0) is 48.5 Å². The van der Waals surface area contributed by atoms with Crippen LogP contribution in [0.1, 0.15) is 0 Å². The predicted octanol–water partition coefficient (Wildman–Crippen LogP) is 7.84. The molecular weight excluding hydrogens is 618 g/mol. The SMILES string of the molecule is C[Si](C)(C)c1ccc(O)c(-c2nc3ccccc3s2)c1.C[Si](C)c1ccc(O)c(-c2nc3ccccc3s2)c1.[Zn]. The van der Waals surface area contributed by atoms with Crippen molar-refractivity contribution < 1.29 is 29.7 Å². The Kier molecular flexibility index (Phi) is 9.43. The molecule has 0 bridgehead atoms. The molecule has 2 heterocycles. The van der Waals surface area contributed by atoms with E-state index in [1.54, 1.807) is 34.8 Å². The van der Waals surface area contributed by atoms with Crippen molar-refractivity contribution in [3.63, 3.8) is 0 Å². The van der Waals surface area contributed by atoms with Gasteiger partial charge >= 0.3 is 0 Å². The fraction of sp³-hybridized carbons (Fsp3) is 0.161. The van der Waals surface area contributed by atoms with Gasteiger partial charge in [-0.2, -0.15) is 0 Å². The standard InChI is InChI=1S/C16H17NOSSi.C15H14NOSSi.Zn/c1-20(2,3)11-8-9-14(18)12(10-11)16-17-13-6-4-5-7-15(13)19-16;1-19(2)10-7-8-13(17)11(9-10)15-16-12-5-3-4-6-14(12)18-15;/h4-10,18H,1-3H3;3-9,17H,1-2H3;. The number of para-hydroxylation sites is 2. The molecule has 2 N–H and O–H groups in total. The van der Waals surface area contributed by atoms with Crippen molar-refractivity contribution in [1.29, 1.82) is 0 Å². The second kappa shape index (κ2) is 12.5. The van der Waals surface area contributed by atoms with Crippen molar-refractivity contribution in [3.8, 4) is 32.6 Å². The van der Waals surface area contributed by atoms with Gasteiger partial charge in [0.25, 0.3) is 0 Å². The van der Waals surface area contributed by atoms with Gasteiger partial charge in [0.05, 0.1) is 48.4 Å². The van der Waals surface area contributed by atoms with Crippen molar-refractivity contribution in [3.05, 3.63) is 84.9 Å². The minimum Gasteiger partial charge on any atom is -0.507 e. The van der Waals surface area contributed by atoms with Gasteiger partial charge in [0.1, 0.15) is 21.5 Å². The fourth-order valence-electron chi connectivity index (χ4n) is 4.17. The summed E-state index contributed by atoms with van der Waals surface area (Å²) in [5, 5.41) is 24.7. The maximum atomic E-state index is 10.2. The van der Waals surface area contributed by atoms with E-state index in [9.17, 15) is 10.2 Å². The van der Waals surface area contributed by atoms with Crippen molar-refractivity contribution >= 4 is 70.4 Å². The predicted molar refractivity (Wildman–Crippen MR) is 174 cm³/mol. The van der Waals surface area contributed by atoms with Crippen LogP contribution < -0.4 is 10.4 Å². The molecular formula is C31H31N2O2S2Si2Zn. The summed E-state index contributed by atoms with van der Waals surface area (Å²) in [5.74, 6) is 0.622. The average Bonchev–Trinajstić information content (AvgIpc) is 3.53. The Labute approximate surface area is 258 Å². The summed E-state index contributed by atoms with van der Waals surface area (Å²) in [5.41, 5.74) is 3.69. The second-order valence-corrected chi connectivity index (χ2v) is 20.4. The minimum atomic E-state index is -1.39. The Morgan fingerprint density at radius 1 is 0.650 bits per heavy atom. The molecule has 4 aromatic carbocycles. The van der Waals surface area contributed by atoms with E-state index in [-0.39, 0.29) is 19.5 Å². The number of hydrogen-bond acceptors (Lipinski definition) is 6. The molecule has 6 aromatic rings. The quantitative estimate of drug-likeness (QED) is 0.191. The molecule has 0 spiro atoms. The molecule has 0 saturated carbocycles. The van der Waals surface area contributed by atoms with Crippen molar-refractivity contribution in [2.45, 2.75) is 32.7 Å². The smallest absolute Gasteiger partial charge is 0.128 e. The summed E-state index contributed by atoms with van der Waals surface area (Å²) >= 11 is 3.25. The number of hydrogen-bond donors (Lipinski definition) is 2. The van der Waals surface area contributed by atoms with Gasteiger partial charge in [0.15, 0.2) is 0 Å². The first-order valence-corrected chi connectivity index (χ1v) is 20.4. The number of aromatic nitrogens is 2. The van der Waals surface area contributed by atoms with Gasteiger partial charge in [-0.25, -0.2) is 9.97 Å². The normalized spacial score (nSPS) is 11.3. The van der Waals surface area contributed by atoms with Crippen LogP contribution in [0.4, 0.5) is 0 Å². The van der Waals surface area contributed by atoms with E-state index >= 15 is 0 Å². The fourth-order valence-corrected chi connectivity index (χ4v) is 8.16. The Hall–Kier alpha value is -2.68. The summed E-state index contributed by atoms with van der Waals surface area (Å²) in [6.07, 6.45) is 0. The number of thiazole rings is 2. The first-order chi connectivity index (χ1) is 18.6. The van der Waals surface area contributed by atoms with Crippen LogP contribution >= 0.6 is 22.7 Å². The van der Waals surface area contributed by atoms with Gasteiger partial charge in [-0.1, -0.05) is 79.5 Å². The van der Waals surface area contributed by atoms with Crippen LogP contribution in [0.3, 0.4) is 0 Å². The van der Waals surface area contributed by atoms with Crippen molar-refractivity contribution in [2.24, 2.45) is 0 Å². The molecule has 0 amide bonds. The number of phenols is 2. The molecule has 0 atom stereocenters. The van der Waals surface area contributed by atoms with Crippen LogP contribution in [0.2, 0.25) is 32.7 Å². The molecule has 40 heavy (non-hydrogen) atoms. The van der Waals surface area contributed by atoms with E-state index in [2.05, 4.69) is 67.0 Å². The molecule has 4 nitrogen and oxygen atoms in total. The number of rotatable bonds is 4. The zero-order valence-corrected chi connectivity index (χ0v) is 30.0. The van der Waals surface area contributed by atoms with Crippen LogP contribution in [-0.2, 0) is 19.5 Å². The van der Waals surface area contributed by atoms with Crippen LogP contribution in [0.5, 0.6) is 11.5 Å². The van der Waals surface area contributed by atoms with Crippen LogP contribution in [0.15, 0.2) is 84.9 Å². The summed E-state index contributed by atoms with van der Waals surface area (Å²) in [6, 6.07) is 28.0. The van der Waals surface area contributed by atoms with Crippen LogP contribution in [-0.4, -0.2) is 37.1 Å². The molecule has 199 valence electrons. The molecule has 0 aliphatic carbocycles. The largest absolute Gasteiger partial charge is 0.507 e. The zero-order valence-electron chi connectivity index (χ0n) is 23.4. The first kappa shape index (κ1) is 30.3. The Balaban J connectivity index is 0.000000181.